The van der Waals surface area contributed by atoms with Crippen LogP contribution in [-0.2, 0) is 6.61 Å². The molecule has 1 N–H and O–H groups in total. The van der Waals surface area contributed by atoms with Crippen LogP contribution in [0, 0.1) is 10.1 Å². The van der Waals surface area contributed by atoms with E-state index in [0.717, 1.165) is 4.88 Å². The van der Waals surface area contributed by atoms with Gasteiger partial charge in [0.2, 0.25) is 0 Å². The molecule has 0 aliphatic rings. The molecule has 0 aliphatic carbocycles. The fraction of sp³-hybridized carbons (Fsp3) is 0.231. The molecular formula is C13H14N2O3S. The molecule has 6 heteroatoms. The molecule has 0 saturated heterocycles. The lowest BCUT2D eigenvalue weighted by molar-refractivity contribution is -0.384. The highest BCUT2D eigenvalue weighted by atomic mass is 32.1. The number of hydrogen-bond acceptors (Lipinski definition) is 5. The number of thiophene rings is 1. The first-order chi connectivity index (χ1) is 9.19. The lowest BCUT2D eigenvalue weighted by atomic mass is 10.2. The van der Waals surface area contributed by atoms with E-state index in [1.54, 1.807) is 17.4 Å². The van der Waals surface area contributed by atoms with Crippen LogP contribution >= 0.6 is 11.3 Å². The Morgan fingerprint density at radius 1 is 1.42 bits per heavy atom. The second-order valence-electron chi connectivity index (χ2n) is 3.87. The molecule has 1 heterocycles. The summed E-state index contributed by atoms with van der Waals surface area (Å²) in [6, 6.07) is 8.62. The molecule has 19 heavy (non-hydrogen) atoms. The molecule has 1 aromatic heterocycles. The number of nitro groups is 1. The monoisotopic (exact) mass is 278 g/mol. The number of anilines is 1. The third-order valence-corrected chi connectivity index (χ3v) is 3.29. The summed E-state index contributed by atoms with van der Waals surface area (Å²) < 4.78 is 5.59. The van der Waals surface area contributed by atoms with Crippen LogP contribution in [0.3, 0.4) is 0 Å². The highest BCUT2D eigenvalue weighted by molar-refractivity contribution is 7.09. The van der Waals surface area contributed by atoms with E-state index in [1.165, 1.54) is 12.1 Å². The molecule has 0 atom stereocenters. The molecule has 0 saturated carbocycles. The Morgan fingerprint density at radius 3 is 2.89 bits per heavy atom. The molecule has 0 spiro atoms. The summed E-state index contributed by atoms with van der Waals surface area (Å²) in [5, 5.41) is 15.9. The molecule has 0 bridgehead atoms. The van der Waals surface area contributed by atoms with E-state index in [9.17, 15) is 10.1 Å². The largest absolute Gasteiger partial charge is 0.488 e. The van der Waals surface area contributed by atoms with Crippen molar-refractivity contribution in [1.29, 1.82) is 0 Å². The van der Waals surface area contributed by atoms with Crippen LogP contribution in [0.2, 0.25) is 0 Å². The van der Waals surface area contributed by atoms with Gasteiger partial charge in [-0.3, -0.25) is 10.1 Å². The minimum absolute atomic E-state index is 0.0274. The quantitative estimate of drug-likeness (QED) is 0.647. The molecule has 100 valence electrons. The van der Waals surface area contributed by atoms with Crippen LogP contribution < -0.4 is 10.1 Å². The normalized spacial score (nSPS) is 10.2. The SMILES string of the molecule is CCNc1cc(OCc2cccs2)cc([N+](=O)[O-])c1. The van der Waals surface area contributed by atoms with Gasteiger partial charge in [-0.25, -0.2) is 0 Å². The first-order valence-electron chi connectivity index (χ1n) is 5.87. The molecule has 0 radical (unpaired) electrons. The second-order valence-corrected chi connectivity index (χ2v) is 4.90. The van der Waals surface area contributed by atoms with Crippen molar-refractivity contribution in [3.05, 3.63) is 50.7 Å². The van der Waals surface area contributed by atoms with Crippen molar-refractivity contribution >= 4 is 22.7 Å². The highest BCUT2D eigenvalue weighted by Crippen LogP contribution is 2.27. The fourth-order valence-electron chi connectivity index (χ4n) is 1.63. The highest BCUT2D eigenvalue weighted by Gasteiger charge is 2.10. The van der Waals surface area contributed by atoms with Crippen molar-refractivity contribution < 1.29 is 9.66 Å². The number of nitrogens with one attached hydrogen (secondary N) is 1. The predicted octanol–water partition coefficient (Wildman–Crippen LogP) is 3.67. The summed E-state index contributed by atoms with van der Waals surface area (Å²) in [5.74, 6) is 0.499. The summed E-state index contributed by atoms with van der Waals surface area (Å²) in [4.78, 5) is 11.5. The molecule has 0 unspecified atom stereocenters. The number of benzene rings is 1. The standard InChI is InChI=1S/C13H14N2O3S/c1-2-14-10-6-11(15(16)17)8-12(7-10)18-9-13-4-3-5-19-13/h3-8,14H,2,9H2,1H3. The van der Waals surface area contributed by atoms with Gasteiger partial charge in [-0.05, 0) is 18.4 Å². The van der Waals surface area contributed by atoms with Crippen molar-refractivity contribution in [1.82, 2.24) is 0 Å². The number of nitrogens with zero attached hydrogens (tertiary/aromatic N) is 1. The third kappa shape index (κ3) is 3.69. The van der Waals surface area contributed by atoms with Crippen LogP contribution in [0.25, 0.3) is 0 Å². The van der Waals surface area contributed by atoms with Crippen LogP contribution in [0.4, 0.5) is 11.4 Å². The fourth-order valence-corrected chi connectivity index (χ4v) is 2.24. The number of rotatable bonds is 6. The van der Waals surface area contributed by atoms with Crippen molar-refractivity contribution in [2.45, 2.75) is 13.5 Å². The topological polar surface area (TPSA) is 64.4 Å². The number of ether oxygens (including phenoxy) is 1. The Balaban J connectivity index is 2.16. The Kier molecular flexibility index (Phi) is 4.35. The van der Waals surface area contributed by atoms with E-state index in [0.29, 0.717) is 24.6 Å². The van der Waals surface area contributed by atoms with Gasteiger partial charge < -0.3 is 10.1 Å². The van der Waals surface area contributed by atoms with Crippen LogP contribution in [0.15, 0.2) is 35.7 Å². The van der Waals surface area contributed by atoms with Crippen molar-refractivity contribution in [2.24, 2.45) is 0 Å². The van der Waals surface area contributed by atoms with E-state index >= 15 is 0 Å². The first-order valence-corrected chi connectivity index (χ1v) is 6.75. The second kappa shape index (κ2) is 6.19. The zero-order valence-corrected chi connectivity index (χ0v) is 11.3. The Labute approximate surface area is 115 Å². The summed E-state index contributed by atoms with van der Waals surface area (Å²) >= 11 is 1.59. The van der Waals surface area contributed by atoms with Crippen LogP contribution in [0.1, 0.15) is 11.8 Å². The average molecular weight is 278 g/mol. The van der Waals surface area contributed by atoms with Gasteiger partial charge in [-0.1, -0.05) is 6.07 Å². The maximum Gasteiger partial charge on any atom is 0.275 e. The summed E-state index contributed by atoms with van der Waals surface area (Å²) in [5.41, 5.74) is 0.720. The Bertz CT molecular complexity index is 555. The molecule has 0 fully saturated rings. The van der Waals surface area contributed by atoms with Gasteiger partial charge in [0, 0.05) is 29.2 Å². The average Bonchev–Trinajstić information content (AvgIpc) is 2.89. The van der Waals surface area contributed by atoms with Gasteiger partial charge in [0.15, 0.2) is 0 Å². The maximum absolute atomic E-state index is 10.9. The molecular weight excluding hydrogens is 264 g/mol. The first kappa shape index (κ1) is 13.4. The molecule has 2 rings (SSSR count). The van der Waals surface area contributed by atoms with E-state index in [-0.39, 0.29) is 5.69 Å². The van der Waals surface area contributed by atoms with Crippen molar-refractivity contribution in [3.8, 4) is 5.75 Å². The molecule has 2 aromatic rings. The minimum Gasteiger partial charge on any atom is -0.488 e. The molecule has 1 aromatic carbocycles. The smallest absolute Gasteiger partial charge is 0.275 e. The lowest BCUT2D eigenvalue weighted by Crippen LogP contribution is -2.00. The van der Waals surface area contributed by atoms with Gasteiger partial charge in [0.25, 0.3) is 5.69 Å². The predicted molar refractivity (Wildman–Crippen MR) is 75.9 cm³/mol. The third-order valence-electron chi connectivity index (χ3n) is 2.44. The molecule has 5 nitrogen and oxygen atoms in total. The van der Waals surface area contributed by atoms with Crippen molar-refractivity contribution in [2.75, 3.05) is 11.9 Å². The lowest BCUT2D eigenvalue weighted by Gasteiger charge is -2.08. The van der Waals surface area contributed by atoms with Gasteiger partial charge in [-0.15, -0.1) is 11.3 Å². The Morgan fingerprint density at radius 2 is 2.26 bits per heavy atom. The maximum atomic E-state index is 10.9. The van der Waals surface area contributed by atoms with Gasteiger partial charge in [0.05, 0.1) is 11.0 Å². The molecule has 0 aliphatic heterocycles. The van der Waals surface area contributed by atoms with Crippen LogP contribution in [-0.4, -0.2) is 11.5 Å². The van der Waals surface area contributed by atoms with E-state index in [4.69, 9.17) is 4.74 Å². The van der Waals surface area contributed by atoms with E-state index in [2.05, 4.69) is 5.32 Å². The summed E-state index contributed by atoms with van der Waals surface area (Å²) in [6.07, 6.45) is 0. The summed E-state index contributed by atoms with van der Waals surface area (Å²) in [7, 11) is 0. The minimum atomic E-state index is -0.418. The zero-order chi connectivity index (χ0) is 13.7. The van der Waals surface area contributed by atoms with E-state index < -0.39 is 4.92 Å². The van der Waals surface area contributed by atoms with Crippen LogP contribution in [0.5, 0.6) is 5.75 Å². The summed E-state index contributed by atoms with van der Waals surface area (Å²) in [6.45, 7) is 3.06. The number of nitro benzene ring substituents is 1. The van der Waals surface area contributed by atoms with Gasteiger partial charge in [0.1, 0.15) is 12.4 Å². The Hall–Kier alpha value is -2.08. The van der Waals surface area contributed by atoms with Gasteiger partial charge >= 0.3 is 0 Å². The molecule has 0 amide bonds. The number of non-ortho nitro benzene ring substituents is 1. The van der Waals surface area contributed by atoms with Crippen molar-refractivity contribution in [3.63, 3.8) is 0 Å². The zero-order valence-electron chi connectivity index (χ0n) is 10.5. The van der Waals surface area contributed by atoms with E-state index in [1.807, 2.05) is 24.4 Å². The number of hydrogen-bond donors (Lipinski definition) is 1. The van der Waals surface area contributed by atoms with Gasteiger partial charge in [-0.2, -0.15) is 0 Å².